The van der Waals surface area contributed by atoms with E-state index in [1.807, 2.05) is 6.92 Å². The molecule has 0 N–H and O–H groups in total. The van der Waals surface area contributed by atoms with Crippen LogP contribution in [0, 0.1) is 12.7 Å². The predicted octanol–water partition coefficient (Wildman–Crippen LogP) is 2.48. The monoisotopic (exact) mass is 432 g/mol. The van der Waals surface area contributed by atoms with Gasteiger partial charge in [0.2, 0.25) is 20.0 Å². The summed E-state index contributed by atoms with van der Waals surface area (Å²) < 4.78 is 67.1. The lowest BCUT2D eigenvalue weighted by Crippen LogP contribution is -2.50. The van der Waals surface area contributed by atoms with Crippen molar-refractivity contribution in [3.63, 3.8) is 0 Å². The molecule has 0 saturated carbocycles. The lowest BCUT2D eigenvalue weighted by Gasteiger charge is -2.33. The molecule has 2 aromatic carbocycles. The number of benzene rings is 2. The van der Waals surface area contributed by atoms with Crippen LogP contribution in [0.1, 0.15) is 5.56 Å². The van der Waals surface area contributed by atoms with E-state index in [9.17, 15) is 21.2 Å². The maximum absolute atomic E-state index is 14.0. The number of halogens is 2. The van der Waals surface area contributed by atoms with E-state index >= 15 is 0 Å². The molecule has 146 valence electrons. The number of sulfonamides is 2. The van der Waals surface area contributed by atoms with Gasteiger partial charge < -0.3 is 0 Å². The zero-order chi connectivity index (χ0) is 19.8. The summed E-state index contributed by atoms with van der Waals surface area (Å²) in [5.41, 5.74) is 0.940. The number of aryl methyl sites for hydroxylation is 1. The van der Waals surface area contributed by atoms with Crippen molar-refractivity contribution >= 4 is 31.6 Å². The van der Waals surface area contributed by atoms with Crippen LogP contribution in [0.3, 0.4) is 0 Å². The van der Waals surface area contributed by atoms with Gasteiger partial charge in [0.1, 0.15) is 10.7 Å². The number of piperazine rings is 1. The minimum absolute atomic E-state index is 0.00928. The minimum atomic E-state index is -4.07. The van der Waals surface area contributed by atoms with E-state index < -0.39 is 30.8 Å². The lowest BCUT2D eigenvalue weighted by molar-refractivity contribution is 0.272. The molecule has 1 heterocycles. The average Bonchev–Trinajstić information content (AvgIpc) is 2.62. The van der Waals surface area contributed by atoms with E-state index in [2.05, 4.69) is 0 Å². The van der Waals surface area contributed by atoms with Crippen LogP contribution in [0.15, 0.2) is 52.3 Å². The van der Waals surface area contributed by atoms with E-state index in [1.54, 1.807) is 12.1 Å². The van der Waals surface area contributed by atoms with Gasteiger partial charge in [-0.1, -0.05) is 29.3 Å². The Morgan fingerprint density at radius 1 is 0.852 bits per heavy atom. The maximum Gasteiger partial charge on any atom is 0.246 e. The Bertz CT molecular complexity index is 1050. The highest BCUT2D eigenvalue weighted by Gasteiger charge is 2.34. The third-order valence-electron chi connectivity index (χ3n) is 4.37. The van der Waals surface area contributed by atoms with Crippen LogP contribution in [0.5, 0.6) is 0 Å². The first-order chi connectivity index (χ1) is 12.6. The Hall–Kier alpha value is -1.52. The molecule has 0 aromatic heterocycles. The highest BCUT2D eigenvalue weighted by molar-refractivity contribution is 7.89. The van der Waals surface area contributed by atoms with E-state index in [0.29, 0.717) is 0 Å². The molecular formula is C17H18ClFN2O4S2. The number of hydrogen-bond acceptors (Lipinski definition) is 4. The van der Waals surface area contributed by atoms with Gasteiger partial charge in [0.05, 0.1) is 4.90 Å². The summed E-state index contributed by atoms with van der Waals surface area (Å²) in [7, 11) is -7.78. The largest absolute Gasteiger partial charge is 0.246 e. The standard InChI is InChI=1S/C17H18ClFN2O4S2/c1-13-2-5-15(6-3-13)26(22,23)20-8-10-21(11-9-20)27(24,25)17-7-4-14(18)12-16(17)19/h2-7,12H,8-11H2,1H3. The van der Waals surface area contributed by atoms with Gasteiger partial charge in [0, 0.05) is 31.2 Å². The van der Waals surface area contributed by atoms with Crippen molar-refractivity contribution in [3.05, 3.63) is 58.9 Å². The molecule has 0 spiro atoms. The molecule has 0 atom stereocenters. The topological polar surface area (TPSA) is 74.8 Å². The molecule has 1 fully saturated rings. The van der Waals surface area contributed by atoms with Crippen LogP contribution < -0.4 is 0 Å². The van der Waals surface area contributed by atoms with Crippen molar-refractivity contribution in [2.45, 2.75) is 16.7 Å². The van der Waals surface area contributed by atoms with Crippen molar-refractivity contribution < 1.29 is 21.2 Å². The summed E-state index contributed by atoms with van der Waals surface area (Å²) in [6, 6.07) is 9.81. The molecule has 3 rings (SSSR count). The first kappa shape index (κ1) is 20.2. The Kier molecular flexibility index (Phi) is 5.60. The van der Waals surface area contributed by atoms with Crippen LogP contribution in [0.25, 0.3) is 0 Å². The summed E-state index contributed by atoms with van der Waals surface area (Å²) in [5, 5.41) is 0.0976. The molecule has 1 saturated heterocycles. The molecule has 2 aromatic rings. The van der Waals surface area contributed by atoms with Crippen LogP contribution in [-0.2, 0) is 20.0 Å². The SMILES string of the molecule is Cc1ccc(S(=O)(=O)N2CCN(S(=O)(=O)c3ccc(Cl)cc3F)CC2)cc1. The summed E-state index contributed by atoms with van der Waals surface area (Å²) in [4.78, 5) is -0.310. The molecule has 0 aliphatic carbocycles. The van der Waals surface area contributed by atoms with Crippen molar-refractivity contribution in [2.24, 2.45) is 0 Å². The van der Waals surface area contributed by atoms with Gasteiger partial charge >= 0.3 is 0 Å². The highest BCUT2D eigenvalue weighted by Crippen LogP contribution is 2.25. The molecule has 10 heteroatoms. The quantitative estimate of drug-likeness (QED) is 0.743. The van der Waals surface area contributed by atoms with Gasteiger partial charge in [-0.25, -0.2) is 21.2 Å². The van der Waals surface area contributed by atoms with Crippen molar-refractivity contribution in [2.75, 3.05) is 26.2 Å². The molecule has 0 radical (unpaired) electrons. The molecule has 0 amide bonds. The molecular weight excluding hydrogens is 415 g/mol. The van der Waals surface area contributed by atoms with Gasteiger partial charge in [-0.15, -0.1) is 0 Å². The fourth-order valence-corrected chi connectivity index (χ4v) is 5.88. The molecule has 0 bridgehead atoms. The van der Waals surface area contributed by atoms with E-state index in [-0.39, 0.29) is 36.1 Å². The van der Waals surface area contributed by atoms with Crippen molar-refractivity contribution in [1.29, 1.82) is 0 Å². The fourth-order valence-electron chi connectivity index (χ4n) is 2.83. The fraction of sp³-hybridized carbons (Fsp3) is 0.294. The first-order valence-corrected chi connectivity index (χ1v) is 11.4. The normalized spacial score (nSPS) is 17.1. The van der Waals surface area contributed by atoms with Crippen LogP contribution in [0.2, 0.25) is 5.02 Å². The lowest BCUT2D eigenvalue weighted by atomic mass is 10.2. The number of nitrogens with zero attached hydrogens (tertiary/aromatic N) is 2. The number of hydrogen-bond donors (Lipinski definition) is 0. The Balaban J connectivity index is 1.77. The summed E-state index contributed by atoms with van der Waals surface area (Å²) >= 11 is 5.67. The molecule has 27 heavy (non-hydrogen) atoms. The minimum Gasteiger partial charge on any atom is -0.207 e. The van der Waals surface area contributed by atoms with Crippen LogP contribution >= 0.6 is 11.6 Å². The second-order valence-corrected chi connectivity index (χ2v) is 10.5. The smallest absolute Gasteiger partial charge is 0.207 e. The second-order valence-electron chi connectivity index (χ2n) is 6.20. The summed E-state index contributed by atoms with van der Waals surface area (Å²) in [5.74, 6) is -0.933. The van der Waals surface area contributed by atoms with Gasteiger partial charge in [0.15, 0.2) is 0 Å². The van der Waals surface area contributed by atoms with Crippen LogP contribution in [0.4, 0.5) is 4.39 Å². The van der Waals surface area contributed by atoms with Gasteiger partial charge in [-0.2, -0.15) is 8.61 Å². The van der Waals surface area contributed by atoms with Crippen molar-refractivity contribution in [3.8, 4) is 0 Å². The zero-order valence-electron chi connectivity index (χ0n) is 14.5. The third kappa shape index (κ3) is 4.02. The molecule has 1 aliphatic heterocycles. The number of rotatable bonds is 4. The van der Waals surface area contributed by atoms with E-state index in [0.717, 1.165) is 22.0 Å². The third-order valence-corrected chi connectivity index (χ3v) is 8.45. The Morgan fingerprint density at radius 3 is 1.89 bits per heavy atom. The van der Waals surface area contributed by atoms with Crippen molar-refractivity contribution in [1.82, 2.24) is 8.61 Å². The summed E-state index contributed by atoms with van der Waals surface area (Å²) in [6.07, 6.45) is 0. The highest BCUT2D eigenvalue weighted by atomic mass is 35.5. The molecule has 1 aliphatic rings. The molecule has 0 unspecified atom stereocenters. The van der Waals surface area contributed by atoms with Gasteiger partial charge in [-0.05, 0) is 37.3 Å². The summed E-state index contributed by atoms with van der Waals surface area (Å²) in [6.45, 7) is 1.72. The van der Waals surface area contributed by atoms with Crippen LogP contribution in [-0.4, -0.2) is 51.6 Å². The van der Waals surface area contributed by atoms with Gasteiger partial charge in [0.25, 0.3) is 0 Å². The molecule has 6 nitrogen and oxygen atoms in total. The van der Waals surface area contributed by atoms with Gasteiger partial charge in [-0.3, -0.25) is 0 Å². The Labute approximate surface area is 163 Å². The zero-order valence-corrected chi connectivity index (χ0v) is 16.9. The van der Waals surface area contributed by atoms with E-state index in [4.69, 9.17) is 11.6 Å². The first-order valence-electron chi connectivity index (χ1n) is 8.14. The Morgan fingerprint density at radius 2 is 1.37 bits per heavy atom. The predicted molar refractivity (Wildman–Crippen MR) is 100 cm³/mol. The van der Waals surface area contributed by atoms with E-state index in [1.165, 1.54) is 22.5 Å². The maximum atomic E-state index is 14.0. The second kappa shape index (κ2) is 7.48. The average molecular weight is 433 g/mol.